The van der Waals surface area contributed by atoms with E-state index in [0.29, 0.717) is 19.8 Å². The average molecular weight is 421 g/mol. The van der Waals surface area contributed by atoms with Gasteiger partial charge in [-0.1, -0.05) is 24.6 Å². The van der Waals surface area contributed by atoms with E-state index in [2.05, 4.69) is 0 Å². The summed E-state index contributed by atoms with van der Waals surface area (Å²) in [6.45, 7) is 11.4. The normalized spacial score (nSPS) is 11.9. The molecule has 23 heavy (non-hydrogen) atoms. The molecule has 10 heteroatoms. The fourth-order valence-corrected chi connectivity index (χ4v) is 9.23. The third-order valence-electron chi connectivity index (χ3n) is 2.49. The fraction of sp³-hybridized carbons (Fsp3) is 0.923. The summed E-state index contributed by atoms with van der Waals surface area (Å²) in [5.74, 6) is 0.696. The molecule has 0 atom stereocenters. The SMILES string of the molecule is CCO[Si](CCCSSSSOC(=O)C(C)C)(OCC)OCC. The molecule has 0 aromatic carbocycles. The number of carbonyl (C=O) groups excluding carboxylic acids is 1. The Morgan fingerprint density at radius 2 is 1.57 bits per heavy atom. The predicted octanol–water partition coefficient (Wildman–Crippen LogP) is 5.22. The van der Waals surface area contributed by atoms with Gasteiger partial charge in [0.05, 0.1) is 5.92 Å². The first kappa shape index (κ1) is 24.0. The highest BCUT2D eigenvalue weighted by Gasteiger charge is 2.39. The molecule has 0 unspecified atom stereocenters. The first-order valence-corrected chi connectivity index (χ1v) is 14.6. The average Bonchev–Trinajstić information content (AvgIpc) is 2.50. The van der Waals surface area contributed by atoms with Crippen LogP contribution in [0.3, 0.4) is 0 Å². The van der Waals surface area contributed by atoms with E-state index in [1.165, 1.54) is 9.83 Å². The number of rotatable bonds is 15. The van der Waals surface area contributed by atoms with E-state index in [1.807, 2.05) is 34.6 Å². The van der Waals surface area contributed by atoms with Gasteiger partial charge in [-0.2, -0.15) is 0 Å². The standard InChI is InChI=1S/C13H28O5S4Si/c1-6-15-23(16-7-2,17-8-3)11-9-10-19-21-22-20-18-13(14)12(4)5/h12H,6-11H2,1-5H3. The van der Waals surface area contributed by atoms with Crippen molar-refractivity contribution < 1.29 is 22.3 Å². The van der Waals surface area contributed by atoms with Gasteiger partial charge in [0, 0.05) is 41.4 Å². The minimum atomic E-state index is -2.50. The third kappa shape index (κ3) is 12.0. The van der Waals surface area contributed by atoms with Gasteiger partial charge in [-0.05, 0) is 37.0 Å². The van der Waals surface area contributed by atoms with E-state index in [-0.39, 0.29) is 11.9 Å². The van der Waals surface area contributed by atoms with Gasteiger partial charge in [0.1, 0.15) is 11.1 Å². The van der Waals surface area contributed by atoms with E-state index in [1.54, 1.807) is 20.6 Å². The molecule has 0 N–H and O–H groups in total. The van der Waals surface area contributed by atoms with E-state index in [9.17, 15) is 4.79 Å². The molecule has 0 aromatic rings. The lowest BCUT2D eigenvalue weighted by atomic mass is 10.2. The minimum Gasteiger partial charge on any atom is -0.378 e. The quantitative estimate of drug-likeness (QED) is 0.154. The molecule has 0 saturated carbocycles. The van der Waals surface area contributed by atoms with E-state index in [0.717, 1.165) is 29.3 Å². The number of hydrogen-bond donors (Lipinski definition) is 0. The summed E-state index contributed by atoms with van der Waals surface area (Å²) >= 11 is 1.12. The molecule has 0 heterocycles. The largest absolute Gasteiger partial charge is 0.500 e. The van der Waals surface area contributed by atoms with Crippen LogP contribution in [0.2, 0.25) is 6.04 Å². The maximum atomic E-state index is 11.3. The van der Waals surface area contributed by atoms with Crippen LogP contribution in [0.15, 0.2) is 0 Å². The lowest BCUT2D eigenvalue weighted by Gasteiger charge is -2.28. The summed E-state index contributed by atoms with van der Waals surface area (Å²) in [7, 11) is 2.30. The first-order valence-electron chi connectivity index (χ1n) is 7.76. The van der Waals surface area contributed by atoms with Crippen LogP contribution in [0.25, 0.3) is 0 Å². The highest BCUT2D eigenvalue weighted by atomic mass is 33.7. The molecule has 0 radical (unpaired) electrons. The smallest absolute Gasteiger partial charge is 0.378 e. The van der Waals surface area contributed by atoms with Gasteiger partial charge in [0.15, 0.2) is 0 Å². The number of carbonyl (C=O) groups is 1. The molecule has 0 bridgehead atoms. The van der Waals surface area contributed by atoms with Gasteiger partial charge in [0.2, 0.25) is 0 Å². The van der Waals surface area contributed by atoms with E-state index in [4.69, 9.17) is 17.5 Å². The molecule has 0 rings (SSSR count). The lowest BCUT2D eigenvalue weighted by Crippen LogP contribution is -2.46. The first-order chi connectivity index (χ1) is 11.0. The molecule has 0 amide bonds. The summed E-state index contributed by atoms with van der Waals surface area (Å²) in [6, 6.07) is 0.830. The van der Waals surface area contributed by atoms with Crippen molar-refractivity contribution in [1.82, 2.24) is 0 Å². The van der Waals surface area contributed by atoms with Crippen LogP contribution < -0.4 is 0 Å². The molecule has 0 saturated heterocycles. The van der Waals surface area contributed by atoms with Crippen molar-refractivity contribution in [1.29, 1.82) is 0 Å². The van der Waals surface area contributed by atoms with Crippen molar-refractivity contribution in [3.05, 3.63) is 0 Å². The highest BCUT2D eigenvalue weighted by Crippen LogP contribution is 2.44. The molecule has 0 aliphatic heterocycles. The van der Waals surface area contributed by atoms with Crippen molar-refractivity contribution in [2.75, 3.05) is 25.6 Å². The molecule has 0 aliphatic carbocycles. The van der Waals surface area contributed by atoms with Gasteiger partial charge in [0.25, 0.3) is 0 Å². The van der Waals surface area contributed by atoms with Gasteiger partial charge in [-0.15, -0.1) is 0 Å². The van der Waals surface area contributed by atoms with Crippen molar-refractivity contribution in [2.45, 2.75) is 47.1 Å². The van der Waals surface area contributed by atoms with Crippen LogP contribution in [0.5, 0.6) is 0 Å². The van der Waals surface area contributed by atoms with Crippen molar-refractivity contribution in [3.8, 4) is 0 Å². The summed E-state index contributed by atoms with van der Waals surface area (Å²) in [5.41, 5.74) is 0. The molecular weight excluding hydrogens is 392 g/mol. The van der Waals surface area contributed by atoms with Crippen molar-refractivity contribution >= 4 is 56.3 Å². The maximum absolute atomic E-state index is 11.3. The zero-order valence-corrected chi connectivity index (χ0v) is 18.8. The monoisotopic (exact) mass is 420 g/mol. The Labute approximate surface area is 156 Å². The van der Waals surface area contributed by atoms with E-state index >= 15 is 0 Å². The Bertz CT molecular complexity index is 293. The Balaban J connectivity index is 3.83. The Morgan fingerprint density at radius 1 is 1.00 bits per heavy atom. The van der Waals surface area contributed by atoms with Crippen LogP contribution in [-0.2, 0) is 22.3 Å². The Kier molecular flexibility index (Phi) is 15.9. The zero-order valence-electron chi connectivity index (χ0n) is 14.5. The molecule has 138 valence electrons. The Hall–Kier alpha value is 0.967. The maximum Gasteiger partial charge on any atom is 0.500 e. The molecular formula is C13H28O5S4Si. The van der Waals surface area contributed by atoms with Gasteiger partial charge >= 0.3 is 14.8 Å². The summed E-state index contributed by atoms with van der Waals surface area (Å²) in [6.07, 6.45) is 0.973. The Morgan fingerprint density at radius 3 is 2.04 bits per heavy atom. The fourth-order valence-electron chi connectivity index (χ4n) is 1.56. The molecule has 0 aliphatic rings. The second-order valence-electron chi connectivity index (χ2n) is 4.67. The van der Waals surface area contributed by atoms with Crippen LogP contribution >= 0.6 is 41.5 Å². The van der Waals surface area contributed by atoms with Crippen molar-refractivity contribution in [2.24, 2.45) is 5.92 Å². The second-order valence-corrected chi connectivity index (χ2v) is 13.0. The molecule has 0 aromatic heterocycles. The lowest BCUT2D eigenvalue weighted by molar-refractivity contribution is -0.136. The molecule has 0 spiro atoms. The van der Waals surface area contributed by atoms with Crippen LogP contribution in [0.4, 0.5) is 0 Å². The third-order valence-corrected chi connectivity index (χ3v) is 11.2. The molecule has 5 nitrogen and oxygen atoms in total. The highest BCUT2D eigenvalue weighted by molar-refractivity contribution is 9.25. The van der Waals surface area contributed by atoms with E-state index < -0.39 is 8.80 Å². The minimum absolute atomic E-state index is 0.0884. The predicted molar refractivity (Wildman–Crippen MR) is 106 cm³/mol. The second kappa shape index (κ2) is 15.2. The van der Waals surface area contributed by atoms with Crippen LogP contribution in [0.1, 0.15) is 41.0 Å². The number of hydrogen-bond acceptors (Lipinski definition) is 9. The van der Waals surface area contributed by atoms with Crippen LogP contribution in [0, 0.1) is 5.92 Å². The van der Waals surface area contributed by atoms with Gasteiger partial charge < -0.3 is 17.5 Å². The topological polar surface area (TPSA) is 54.0 Å². The summed E-state index contributed by atoms with van der Waals surface area (Å²) in [5, 5.41) is 0. The molecule has 0 fully saturated rings. The van der Waals surface area contributed by atoms with Crippen LogP contribution in [-0.4, -0.2) is 40.3 Å². The van der Waals surface area contributed by atoms with Crippen molar-refractivity contribution in [3.63, 3.8) is 0 Å². The van der Waals surface area contributed by atoms with Gasteiger partial charge in [-0.25, -0.2) is 0 Å². The van der Waals surface area contributed by atoms with Gasteiger partial charge in [-0.3, -0.25) is 4.79 Å². The summed E-state index contributed by atoms with van der Waals surface area (Å²) in [4.78, 5) is 11.3. The summed E-state index contributed by atoms with van der Waals surface area (Å²) < 4.78 is 22.5. The zero-order chi connectivity index (χ0) is 17.6.